The van der Waals surface area contributed by atoms with E-state index in [9.17, 15) is 0 Å². The van der Waals surface area contributed by atoms with Crippen molar-refractivity contribution in [1.82, 2.24) is 9.38 Å². The number of fused-ring (bicyclic) bond motifs is 1. The van der Waals surface area contributed by atoms with Crippen LogP contribution in [-0.2, 0) is 0 Å². The van der Waals surface area contributed by atoms with Crippen LogP contribution in [0.2, 0.25) is 0 Å². The van der Waals surface area contributed by atoms with E-state index in [2.05, 4.69) is 15.6 Å². The monoisotopic (exact) mass is 158 g/mol. The molecule has 2 aromatic rings. The van der Waals surface area contributed by atoms with Crippen LogP contribution in [0, 0.1) is 0 Å². The molecule has 0 saturated heterocycles. The molecule has 0 bridgehead atoms. The Kier molecular flexibility index (Phi) is 1.09. The molecule has 0 radical (unpaired) electrons. The lowest BCUT2D eigenvalue weighted by molar-refractivity contribution is 1.06. The molecule has 2 heteroatoms. The van der Waals surface area contributed by atoms with Crippen LogP contribution in [0.25, 0.3) is 5.65 Å². The van der Waals surface area contributed by atoms with Gasteiger partial charge in [-0.3, -0.25) is 0 Å². The predicted octanol–water partition coefficient (Wildman–Crippen LogP) is 2.21. The van der Waals surface area contributed by atoms with Crippen LogP contribution < -0.4 is 0 Å². The summed E-state index contributed by atoms with van der Waals surface area (Å²) in [5.74, 6) is 0.755. The van der Waals surface area contributed by atoms with Gasteiger partial charge in [-0.15, -0.1) is 0 Å². The lowest BCUT2D eigenvalue weighted by Gasteiger charge is -1.86. The third-order valence-corrected chi connectivity index (χ3v) is 2.38. The third-order valence-electron chi connectivity index (χ3n) is 2.38. The molecule has 0 N–H and O–H groups in total. The maximum Gasteiger partial charge on any atom is 0.136 e. The summed E-state index contributed by atoms with van der Waals surface area (Å²) in [5.41, 5.74) is 2.33. The lowest BCUT2D eigenvalue weighted by Crippen LogP contribution is -1.77. The molecule has 1 aliphatic rings. The minimum Gasteiger partial charge on any atom is -0.307 e. The van der Waals surface area contributed by atoms with Crippen molar-refractivity contribution in [2.75, 3.05) is 0 Å². The first kappa shape index (κ1) is 6.23. The van der Waals surface area contributed by atoms with E-state index in [0.717, 1.165) is 11.6 Å². The number of imidazole rings is 1. The van der Waals surface area contributed by atoms with Crippen molar-refractivity contribution in [3.05, 3.63) is 36.3 Å². The van der Waals surface area contributed by atoms with Crippen molar-refractivity contribution in [1.29, 1.82) is 0 Å². The van der Waals surface area contributed by atoms with Gasteiger partial charge in [-0.2, -0.15) is 0 Å². The van der Waals surface area contributed by atoms with Crippen molar-refractivity contribution >= 4 is 5.65 Å². The minimum atomic E-state index is 0.755. The van der Waals surface area contributed by atoms with Crippen molar-refractivity contribution in [3.8, 4) is 0 Å². The molecule has 12 heavy (non-hydrogen) atoms. The van der Waals surface area contributed by atoms with Crippen LogP contribution in [0.4, 0.5) is 0 Å². The average molecular weight is 158 g/mol. The highest BCUT2D eigenvalue weighted by molar-refractivity contribution is 5.40. The highest BCUT2D eigenvalue weighted by atomic mass is 15.0. The molecule has 0 aliphatic heterocycles. The molecule has 0 aromatic carbocycles. The summed E-state index contributed by atoms with van der Waals surface area (Å²) in [6, 6.07) is 6.11. The standard InChI is InChI=1S/C10H10N2/c1-2-6-12-7-9(8-4-5-8)11-10(12)3-1/h1-3,6-8H,4-5H2. The molecule has 0 spiro atoms. The van der Waals surface area contributed by atoms with Crippen LogP contribution in [0.1, 0.15) is 24.5 Å². The van der Waals surface area contributed by atoms with Crippen molar-refractivity contribution in [2.24, 2.45) is 0 Å². The molecular weight excluding hydrogens is 148 g/mol. The number of aromatic nitrogens is 2. The first-order chi connectivity index (χ1) is 5.93. The quantitative estimate of drug-likeness (QED) is 0.622. The second-order valence-corrected chi connectivity index (χ2v) is 3.41. The van der Waals surface area contributed by atoms with Crippen LogP contribution in [0.3, 0.4) is 0 Å². The van der Waals surface area contributed by atoms with E-state index in [4.69, 9.17) is 0 Å². The lowest BCUT2D eigenvalue weighted by atomic mass is 10.3. The topological polar surface area (TPSA) is 17.3 Å². The Morgan fingerprint density at radius 2 is 2.25 bits per heavy atom. The zero-order valence-electron chi connectivity index (χ0n) is 6.77. The molecule has 1 aliphatic carbocycles. The fraction of sp³-hybridized carbons (Fsp3) is 0.300. The van der Waals surface area contributed by atoms with E-state index < -0.39 is 0 Å². The van der Waals surface area contributed by atoms with Gasteiger partial charge < -0.3 is 4.40 Å². The molecule has 2 nitrogen and oxygen atoms in total. The van der Waals surface area contributed by atoms with Gasteiger partial charge in [0.2, 0.25) is 0 Å². The van der Waals surface area contributed by atoms with Gasteiger partial charge in [-0.25, -0.2) is 4.98 Å². The average Bonchev–Trinajstić information content (AvgIpc) is 2.85. The SMILES string of the molecule is c1ccn2cc(C3CC3)nc2c1. The van der Waals surface area contributed by atoms with Gasteiger partial charge in [0.05, 0.1) is 5.69 Å². The van der Waals surface area contributed by atoms with Crippen molar-refractivity contribution < 1.29 is 0 Å². The van der Waals surface area contributed by atoms with Gasteiger partial charge in [0.1, 0.15) is 5.65 Å². The Bertz CT molecular complexity index is 379. The molecular formula is C10H10N2. The van der Waals surface area contributed by atoms with Crippen LogP contribution in [0.15, 0.2) is 30.6 Å². The Morgan fingerprint density at radius 1 is 1.33 bits per heavy atom. The predicted molar refractivity (Wildman–Crippen MR) is 47.2 cm³/mol. The fourth-order valence-corrected chi connectivity index (χ4v) is 1.53. The molecule has 1 saturated carbocycles. The fourth-order valence-electron chi connectivity index (χ4n) is 1.53. The van der Waals surface area contributed by atoms with E-state index in [1.807, 2.05) is 24.4 Å². The summed E-state index contributed by atoms with van der Waals surface area (Å²) >= 11 is 0. The van der Waals surface area contributed by atoms with E-state index in [-0.39, 0.29) is 0 Å². The summed E-state index contributed by atoms with van der Waals surface area (Å²) in [5, 5.41) is 0. The second kappa shape index (κ2) is 2.09. The minimum absolute atomic E-state index is 0.755. The molecule has 0 amide bonds. The summed E-state index contributed by atoms with van der Waals surface area (Å²) in [6.45, 7) is 0. The molecule has 3 rings (SSSR count). The van der Waals surface area contributed by atoms with E-state index >= 15 is 0 Å². The number of nitrogens with zero attached hydrogens (tertiary/aromatic N) is 2. The van der Waals surface area contributed by atoms with Crippen LogP contribution in [0.5, 0.6) is 0 Å². The van der Waals surface area contributed by atoms with Crippen molar-refractivity contribution in [3.63, 3.8) is 0 Å². The molecule has 60 valence electrons. The Balaban J connectivity index is 2.23. The van der Waals surface area contributed by atoms with Gasteiger partial charge in [0, 0.05) is 18.3 Å². The first-order valence-corrected chi connectivity index (χ1v) is 4.37. The normalized spacial score (nSPS) is 17.0. The number of hydrogen-bond acceptors (Lipinski definition) is 1. The molecule has 0 atom stereocenters. The smallest absolute Gasteiger partial charge is 0.136 e. The largest absolute Gasteiger partial charge is 0.307 e. The Labute approximate surface area is 70.9 Å². The van der Waals surface area contributed by atoms with Crippen LogP contribution in [-0.4, -0.2) is 9.38 Å². The molecule has 1 fully saturated rings. The maximum absolute atomic E-state index is 4.54. The van der Waals surface area contributed by atoms with Crippen LogP contribution >= 0.6 is 0 Å². The maximum atomic E-state index is 4.54. The number of hydrogen-bond donors (Lipinski definition) is 0. The number of rotatable bonds is 1. The van der Waals surface area contributed by atoms with Gasteiger partial charge in [-0.1, -0.05) is 6.07 Å². The summed E-state index contributed by atoms with van der Waals surface area (Å²) in [4.78, 5) is 4.54. The first-order valence-electron chi connectivity index (χ1n) is 4.37. The summed E-state index contributed by atoms with van der Waals surface area (Å²) in [7, 11) is 0. The highest BCUT2D eigenvalue weighted by Gasteiger charge is 2.25. The zero-order chi connectivity index (χ0) is 7.97. The highest BCUT2D eigenvalue weighted by Crippen LogP contribution is 2.39. The third kappa shape index (κ3) is 0.843. The van der Waals surface area contributed by atoms with Gasteiger partial charge >= 0.3 is 0 Å². The van der Waals surface area contributed by atoms with E-state index in [1.54, 1.807) is 0 Å². The Morgan fingerprint density at radius 3 is 3.00 bits per heavy atom. The van der Waals surface area contributed by atoms with Crippen molar-refractivity contribution in [2.45, 2.75) is 18.8 Å². The van der Waals surface area contributed by atoms with E-state index in [1.165, 1.54) is 18.5 Å². The van der Waals surface area contributed by atoms with Gasteiger partial charge in [0.15, 0.2) is 0 Å². The summed E-state index contributed by atoms with van der Waals surface area (Å²) < 4.78 is 2.09. The summed E-state index contributed by atoms with van der Waals surface area (Å²) in [6.07, 6.45) is 6.84. The zero-order valence-corrected chi connectivity index (χ0v) is 6.77. The van der Waals surface area contributed by atoms with Gasteiger partial charge in [-0.05, 0) is 25.0 Å². The number of pyridine rings is 1. The van der Waals surface area contributed by atoms with E-state index in [0.29, 0.717) is 0 Å². The Hall–Kier alpha value is -1.31. The molecule has 2 aromatic heterocycles. The molecule has 0 unspecified atom stereocenters. The van der Waals surface area contributed by atoms with Gasteiger partial charge in [0.25, 0.3) is 0 Å². The second-order valence-electron chi connectivity index (χ2n) is 3.41. The molecule has 2 heterocycles.